The second kappa shape index (κ2) is 7.83. The number of rotatable bonds is 4. The van der Waals surface area contributed by atoms with E-state index >= 15 is 0 Å². The van der Waals surface area contributed by atoms with Gasteiger partial charge in [-0.25, -0.2) is 4.39 Å². The largest absolute Gasteiger partial charge is 0.341 e. The molecule has 2 rings (SSSR count). The van der Waals surface area contributed by atoms with E-state index in [1.807, 2.05) is 0 Å². The second-order valence-corrected chi connectivity index (χ2v) is 6.56. The molecule has 0 aliphatic rings. The highest BCUT2D eigenvalue weighted by Crippen LogP contribution is 2.14. The van der Waals surface area contributed by atoms with Crippen molar-refractivity contribution in [3.8, 4) is 0 Å². The smallest absolute Gasteiger partial charge is 0.313 e. The molecule has 7 heteroatoms. The van der Waals surface area contributed by atoms with E-state index in [4.69, 9.17) is 0 Å². The van der Waals surface area contributed by atoms with Gasteiger partial charge in [0, 0.05) is 27.6 Å². The summed E-state index contributed by atoms with van der Waals surface area (Å²) in [6.07, 6.45) is 1.53. The van der Waals surface area contributed by atoms with Crippen LogP contribution < -0.4 is 10.6 Å². The van der Waals surface area contributed by atoms with E-state index < -0.39 is 28.7 Å². The van der Waals surface area contributed by atoms with Crippen molar-refractivity contribution in [3.05, 3.63) is 59.9 Å². The Balaban J connectivity index is 1.99. The van der Waals surface area contributed by atoms with Gasteiger partial charge in [0.2, 0.25) is 0 Å². The first-order valence-corrected chi connectivity index (χ1v) is 8.73. The van der Waals surface area contributed by atoms with Crippen molar-refractivity contribution in [3.63, 3.8) is 0 Å². The number of hydrogen-bond donors (Lipinski definition) is 2. The predicted molar refractivity (Wildman–Crippen MR) is 90.4 cm³/mol. The number of amides is 2. The first kappa shape index (κ1) is 17.8. The zero-order valence-corrected chi connectivity index (χ0v) is 14.0. The molecule has 2 amide bonds. The summed E-state index contributed by atoms with van der Waals surface area (Å²) in [7, 11) is -1.18. The Hall–Kier alpha value is -2.54. The third-order valence-corrected chi connectivity index (χ3v) is 4.27. The van der Waals surface area contributed by atoms with Crippen molar-refractivity contribution in [1.82, 2.24) is 5.32 Å². The van der Waals surface area contributed by atoms with Gasteiger partial charge in [-0.15, -0.1) is 0 Å². The fourth-order valence-corrected chi connectivity index (χ4v) is 2.60. The number of hydrogen-bond acceptors (Lipinski definition) is 3. The standard InChI is InChI=1S/C17H17FN2O3S/c1-11(12-6-8-13(18)9-7-12)19-16(21)17(22)20-14-4-3-5-15(10-14)24(2)23/h3-11H,1-2H3,(H,19,21)(H,20,22). The van der Waals surface area contributed by atoms with Crippen molar-refractivity contribution >= 4 is 28.3 Å². The van der Waals surface area contributed by atoms with Crippen LogP contribution >= 0.6 is 0 Å². The lowest BCUT2D eigenvalue weighted by molar-refractivity contribution is -0.136. The van der Waals surface area contributed by atoms with Crippen LogP contribution in [0.1, 0.15) is 18.5 Å². The van der Waals surface area contributed by atoms with E-state index in [0.29, 0.717) is 16.1 Å². The molecule has 0 spiro atoms. The normalized spacial score (nSPS) is 13.0. The Labute approximate surface area is 141 Å². The summed E-state index contributed by atoms with van der Waals surface area (Å²) >= 11 is 0. The predicted octanol–water partition coefficient (Wildman–Crippen LogP) is 2.38. The minimum atomic E-state index is -1.18. The summed E-state index contributed by atoms with van der Waals surface area (Å²) in [5.41, 5.74) is 1.07. The van der Waals surface area contributed by atoms with Crippen molar-refractivity contribution in [1.29, 1.82) is 0 Å². The molecule has 2 atom stereocenters. The summed E-state index contributed by atoms with van der Waals surface area (Å²) in [6.45, 7) is 1.69. The molecule has 0 radical (unpaired) electrons. The molecule has 0 fully saturated rings. The maximum atomic E-state index is 12.9. The maximum absolute atomic E-state index is 12.9. The van der Waals surface area contributed by atoms with E-state index in [-0.39, 0.29) is 5.82 Å². The summed E-state index contributed by atoms with van der Waals surface area (Å²) in [4.78, 5) is 24.5. The van der Waals surface area contributed by atoms with Gasteiger partial charge in [-0.05, 0) is 42.8 Å². The minimum Gasteiger partial charge on any atom is -0.341 e. The molecule has 5 nitrogen and oxygen atoms in total. The summed E-state index contributed by atoms with van der Waals surface area (Å²) < 4.78 is 24.3. The van der Waals surface area contributed by atoms with E-state index in [9.17, 15) is 18.2 Å². The number of nitrogens with one attached hydrogen (secondary N) is 2. The topological polar surface area (TPSA) is 75.3 Å². The number of carbonyl (C=O) groups is 2. The molecular formula is C17H17FN2O3S. The molecule has 0 saturated carbocycles. The Morgan fingerprint density at radius 1 is 1.08 bits per heavy atom. The summed E-state index contributed by atoms with van der Waals surface area (Å²) in [5.74, 6) is -2.01. The Morgan fingerprint density at radius 2 is 1.75 bits per heavy atom. The van der Waals surface area contributed by atoms with Crippen molar-refractivity contribution < 1.29 is 18.2 Å². The summed E-state index contributed by atoms with van der Waals surface area (Å²) in [6, 6.07) is 11.7. The lowest BCUT2D eigenvalue weighted by Gasteiger charge is -2.14. The fourth-order valence-electron chi connectivity index (χ4n) is 2.04. The number of benzene rings is 2. The molecule has 0 aromatic heterocycles. The molecule has 0 bridgehead atoms. The molecule has 0 heterocycles. The highest BCUT2D eigenvalue weighted by atomic mass is 32.2. The lowest BCUT2D eigenvalue weighted by atomic mass is 10.1. The average molecular weight is 348 g/mol. The van der Waals surface area contributed by atoms with Crippen LogP contribution in [-0.4, -0.2) is 22.3 Å². The third-order valence-electron chi connectivity index (χ3n) is 3.35. The van der Waals surface area contributed by atoms with Crippen LogP contribution in [0.15, 0.2) is 53.4 Å². The Morgan fingerprint density at radius 3 is 2.38 bits per heavy atom. The van der Waals surface area contributed by atoms with Crippen LogP contribution in [0.3, 0.4) is 0 Å². The van der Waals surface area contributed by atoms with Crippen molar-refractivity contribution in [2.45, 2.75) is 17.9 Å². The fraction of sp³-hybridized carbons (Fsp3) is 0.176. The van der Waals surface area contributed by atoms with Gasteiger partial charge in [-0.2, -0.15) is 0 Å². The molecule has 126 valence electrons. The minimum absolute atomic E-state index is 0.372. The van der Waals surface area contributed by atoms with Crippen molar-refractivity contribution in [2.24, 2.45) is 0 Å². The SMILES string of the molecule is CC(NC(=O)C(=O)Nc1cccc(S(C)=O)c1)c1ccc(F)cc1. The van der Waals surface area contributed by atoms with Crippen LogP contribution in [-0.2, 0) is 20.4 Å². The van der Waals surface area contributed by atoms with Gasteiger partial charge in [-0.1, -0.05) is 18.2 Å². The van der Waals surface area contributed by atoms with Gasteiger partial charge < -0.3 is 10.6 Å². The monoisotopic (exact) mass is 348 g/mol. The van der Waals surface area contributed by atoms with E-state index in [2.05, 4.69) is 10.6 Å². The molecule has 24 heavy (non-hydrogen) atoms. The molecule has 2 N–H and O–H groups in total. The van der Waals surface area contributed by atoms with E-state index in [0.717, 1.165) is 0 Å². The lowest BCUT2D eigenvalue weighted by Crippen LogP contribution is -2.36. The molecule has 0 saturated heterocycles. The number of carbonyl (C=O) groups excluding carboxylic acids is 2. The zero-order valence-electron chi connectivity index (χ0n) is 13.2. The van der Waals surface area contributed by atoms with Gasteiger partial charge in [0.05, 0.1) is 6.04 Å². The van der Waals surface area contributed by atoms with Crippen molar-refractivity contribution in [2.75, 3.05) is 11.6 Å². The van der Waals surface area contributed by atoms with E-state index in [1.54, 1.807) is 31.2 Å². The van der Waals surface area contributed by atoms with Gasteiger partial charge in [0.25, 0.3) is 0 Å². The quantitative estimate of drug-likeness (QED) is 0.833. The molecule has 2 unspecified atom stereocenters. The molecule has 2 aromatic carbocycles. The summed E-state index contributed by atoms with van der Waals surface area (Å²) in [5, 5.41) is 5.00. The molecule has 2 aromatic rings. The molecule has 0 aliphatic carbocycles. The van der Waals surface area contributed by atoms with Crippen LogP contribution in [0.25, 0.3) is 0 Å². The number of anilines is 1. The molecule has 0 aliphatic heterocycles. The first-order chi connectivity index (χ1) is 11.4. The first-order valence-electron chi connectivity index (χ1n) is 7.17. The molecular weight excluding hydrogens is 331 g/mol. The van der Waals surface area contributed by atoms with Gasteiger partial charge in [0.1, 0.15) is 5.82 Å². The third kappa shape index (κ3) is 4.73. The zero-order chi connectivity index (χ0) is 17.7. The van der Waals surface area contributed by atoms with Crippen LogP contribution in [0.2, 0.25) is 0 Å². The maximum Gasteiger partial charge on any atom is 0.313 e. The Kier molecular flexibility index (Phi) is 5.81. The van der Waals surface area contributed by atoms with Crippen LogP contribution in [0, 0.1) is 5.82 Å². The second-order valence-electron chi connectivity index (χ2n) is 5.18. The Bertz CT molecular complexity index is 778. The highest BCUT2D eigenvalue weighted by Gasteiger charge is 2.17. The number of halogens is 1. The van der Waals surface area contributed by atoms with Gasteiger partial charge in [-0.3, -0.25) is 13.8 Å². The van der Waals surface area contributed by atoms with E-state index in [1.165, 1.54) is 30.5 Å². The highest BCUT2D eigenvalue weighted by molar-refractivity contribution is 7.84. The van der Waals surface area contributed by atoms with Crippen LogP contribution in [0.5, 0.6) is 0 Å². The average Bonchev–Trinajstić information content (AvgIpc) is 2.55. The van der Waals surface area contributed by atoms with Gasteiger partial charge >= 0.3 is 11.8 Å². The van der Waals surface area contributed by atoms with Gasteiger partial charge in [0.15, 0.2) is 0 Å². The van der Waals surface area contributed by atoms with Crippen LogP contribution in [0.4, 0.5) is 10.1 Å².